The number of esters is 1. The molecule has 21 heavy (non-hydrogen) atoms. The van der Waals surface area contributed by atoms with Crippen LogP contribution >= 0.6 is 22.6 Å². The summed E-state index contributed by atoms with van der Waals surface area (Å²) in [5.74, 6) is -0.202. The number of carbonyl (C=O) groups excluding carboxylic acids is 1. The Morgan fingerprint density at radius 1 is 1.19 bits per heavy atom. The molecule has 6 nitrogen and oxygen atoms in total. The molecule has 0 aliphatic carbocycles. The molecule has 7 heteroatoms. The Morgan fingerprint density at radius 2 is 1.86 bits per heavy atom. The average molecular weight is 399 g/mol. The number of methoxy groups -OCH3 is 1. The Balaban J connectivity index is 2.25. The van der Waals surface area contributed by atoms with Gasteiger partial charge in [0.25, 0.3) is 0 Å². The molecule has 0 atom stereocenters. The average Bonchev–Trinajstić information content (AvgIpc) is 2.48. The van der Waals surface area contributed by atoms with Gasteiger partial charge in [0, 0.05) is 9.64 Å². The SMILES string of the molecule is COc1ccc(C(=O)Oc2ccc(I)cc2)cc1[N+](=O)[O-]. The number of ether oxygens (including phenoxy) is 2. The van der Waals surface area contributed by atoms with Gasteiger partial charge in [0.1, 0.15) is 5.75 Å². The highest BCUT2D eigenvalue weighted by Gasteiger charge is 2.19. The first kappa shape index (κ1) is 15.2. The van der Waals surface area contributed by atoms with Crippen molar-refractivity contribution in [1.29, 1.82) is 0 Å². The highest BCUT2D eigenvalue weighted by Crippen LogP contribution is 2.28. The molecule has 0 aromatic heterocycles. The minimum Gasteiger partial charge on any atom is -0.490 e. The zero-order chi connectivity index (χ0) is 15.4. The molecule has 0 heterocycles. The summed E-state index contributed by atoms with van der Waals surface area (Å²) >= 11 is 2.13. The minimum atomic E-state index is -0.665. The first-order valence-electron chi connectivity index (χ1n) is 5.81. The second kappa shape index (κ2) is 6.53. The molecule has 0 spiro atoms. The summed E-state index contributed by atoms with van der Waals surface area (Å²) in [6.45, 7) is 0. The van der Waals surface area contributed by atoms with E-state index in [0.29, 0.717) is 5.75 Å². The zero-order valence-electron chi connectivity index (χ0n) is 10.9. The minimum absolute atomic E-state index is 0.0843. The third kappa shape index (κ3) is 3.69. The maximum absolute atomic E-state index is 12.0. The molecule has 0 N–H and O–H groups in total. The molecule has 0 radical (unpaired) electrons. The van der Waals surface area contributed by atoms with Crippen molar-refractivity contribution in [3.8, 4) is 11.5 Å². The largest absolute Gasteiger partial charge is 0.490 e. The first-order chi connectivity index (χ1) is 10.0. The lowest BCUT2D eigenvalue weighted by Gasteiger charge is -2.06. The van der Waals surface area contributed by atoms with Gasteiger partial charge in [-0.25, -0.2) is 4.79 Å². The molecule has 0 aliphatic rings. The van der Waals surface area contributed by atoms with Crippen LogP contribution < -0.4 is 9.47 Å². The quantitative estimate of drug-likeness (QED) is 0.259. The fourth-order valence-corrected chi connectivity index (χ4v) is 1.99. The predicted octanol–water partition coefficient (Wildman–Crippen LogP) is 3.43. The van der Waals surface area contributed by atoms with Gasteiger partial charge < -0.3 is 9.47 Å². The Kier molecular flexibility index (Phi) is 4.73. The van der Waals surface area contributed by atoms with Crippen LogP contribution in [0, 0.1) is 13.7 Å². The van der Waals surface area contributed by atoms with E-state index in [4.69, 9.17) is 9.47 Å². The second-order valence-electron chi connectivity index (χ2n) is 3.99. The van der Waals surface area contributed by atoms with Crippen molar-refractivity contribution in [2.45, 2.75) is 0 Å². The maximum Gasteiger partial charge on any atom is 0.343 e. The van der Waals surface area contributed by atoms with E-state index >= 15 is 0 Å². The van der Waals surface area contributed by atoms with Crippen molar-refractivity contribution >= 4 is 34.2 Å². The van der Waals surface area contributed by atoms with Gasteiger partial charge in [0.05, 0.1) is 17.6 Å². The van der Waals surface area contributed by atoms with Gasteiger partial charge in [-0.2, -0.15) is 0 Å². The lowest BCUT2D eigenvalue weighted by Crippen LogP contribution is -2.09. The number of nitro groups is 1. The van der Waals surface area contributed by atoms with E-state index in [1.165, 1.54) is 19.2 Å². The molecular weight excluding hydrogens is 389 g/mol. The lowest BCUT2D eigenvalue weighted by atomic mass is 10.2. The van der Waals surface area contributed by atoms with Gasteiger partial charge in [-0.05, 0) is 59.0 Å². The fraction of sp³-hybridized carbons (Fsp3) is 0.0714. The van der Waals surface area contributed by atoms with Crippen LogP contribution in [-0.4, -0.2) is 18.0 Å². The van der Waals surface area contributed by atoms with Gasteiger partial charge in [-0.15, -0.1) is 0 Å². The Bertz CT molecular complexity index is 684. The number of hydrogen-bond donors (Lipinski definition) is 0. The molecule has 0 saturated carbocycles. The van der Waals surface area contributed by atoms with E-state index in [1.54, 1.807) is 24.3 Å². The normalized spacial score (nSPS) is 10.0. The van der Waals surface area contributed by atoms with Crippen LogP contribution in [0.25, 0.3) is 0 Å². The zero-order valence-corrected chi connectivity index (χ0v) is 13.1. The van der Waals surface area contributed by atoms with Gasteiger partial charge in [0.2, 0.25) is 0 Å². The van der Waals surface area contributed by atoms with Crippen molar-refractivity contribution in [3.05, 3.63) is 61.7 Å². The Labute approximate surface area is 134 Å². The van der Waals surface area contributed by atoms with Gasteiger partial charge in [-0.3, -0.25) is 10.1 Å². The van der Waals surface area contributed by atoms with Crippen molar-refractivity contribution in [3.63, 3.8) is 0 Å². The second-order valence-corrected chi connectivity index (χ2v) is 5.23. The predicted molar refractivity (Wildman–Crippen MR) is 83.8 cm³/mol. The number of rotatable bonds is 4. The highest BCUT2D eigenvalue weighted by molar-refractivity contribution is 14.1. The summed E-state index contributed by atoms with van der Waals surface area (Å²) in [7, 11) is 1.33. The molecule has 2 aromatic rings. The van der Waals surface area contributed by atoms with Crippen molar-refractivity contribution in [2.24, 2.45) is 0 Å². The molecule has 2 rings (SSSR count). The number of nitrogens with zero attached hydrogens (tertiary/aromatic N) is 1. The summed E-state index contributed by atoms with van der Waals surface area (Å²) < 4.78 is 11.0. The first-order valence-corrected chi connectivity index (χ1v) is 6.89. The molecule has 0 aliphatic heterocycles. The van der Waals surface area contributed by atoms with Crippen LogP contribution in [0.15, 0.2) is 42.5 Å². The molecule has 108 valence electrons. The molecule has 0 bridgehead atoms. The molecular formula is C14H10INO5. The van der Waals surface area contributed by atoms with Gasteiger partial charge in [-0.1, -0.05) is 0 Å². The third-order valence-corrected chi connectivity index (χ3v) is 3.35. The van der Waals surface area contributed by atoms with Crippen LogP contribution in [0.1, 0.15) is 10.4 Å². The maximum atomic E-state index is 12.0. The van der Waals surface area contributed by atoms with Crippen molar-refractivity contribution in [1.82, 2.24) is 0 Å². The fourth-order valence-electron chi connectivity index (χ4n) is 1.63. The number of halogens is 1. The van der Waals surface area contributed by atoms with Crippen LogP contribution in [0.2, 0.25) is 0 Å². The van der Waals surface area contributed by atoms with E-state index < -0.39 is 10.9 Å². The highest BCUT2D eigenvalue weighted by atomic mass is 127. The standard InChI is InChI=1S/C14H10INO5/c1-20-13-7-2-9(8-12(13)16(18)19)14(17)21-11-5-3-10(15)4-6-11/h2-8H,1H3. The number of benzene rings is 2. The molecule has 0 unspecified atom stereocenters. The summed E-state index contributed by atoms with van der Waals surface area (Å²) in [4.78, 5) is 22.3. The third-order valence-electron chi connectivity index (χ3n) is 2.64. The Morgan fingerprint density at radius 3 is 2.43 bits per heavy atom. The number of hydrogen-bond acceptors (Lipinski definition) is 5. The molecule has 0 fully saturated rings. The van der Waals surface area contributed by atoms with E-state index in [2.05, 4.69) is 22.6 Å². The van der Waals surface area contributed by atoms with Crippen LogP contribution in [0.5, 0.6) is 11.5 Å². The monoisotopic (exact) mass is 399 g/mol. The van der Waals surface area contributed by atoms with Crippen molar-refractivity contribution in [2.75, 3.05) is 7.11 Å². The van der Waals surface area contributed by atoms with E-state index in [0.717, 1.165) is 9.64 Å². The summed E-state index contributed by atoms with van der Waals surface area (Å²) in [6, 6.07) is 10.8. The summed E-state index contributed by atoms with van der Waals surface area (Å²) in [6.07, 6.45) is 0. The van der Waals surface area contributed by atoms with Crippen LogP contribution in [0.3, 0.4) is 0 Å². The van der Waals surface area contributed by atoms with E-state index in [9.17, 15) is 14.9 Å². The number of carbonyl (C=O) groups is 1. The van der Waals surface area contributed by atoms with Crippen molar-refractivity contribution < 1.29 is 19.2 Å². The van der Waals surface area contributed by atoms with E-state index in [1.807, 2.05) is 0 Å². The molecule has 0 amide bonds. The van der Waals surface area contributed by atoms with Crippen LogP contribution in [0.4, 0.5) is 5.69 Å². The lowest BCUT2D eigenvalue weighted by molar-refractivity contribution is -0.385. The van der Waals surface area contributed by atoms with E-state index in [-0.39, 0.29) is 17.0 Å². The summed E-state index contributed by atoms with van der Waals surface area (Å²) in [5, 5.41) is 10.9. The number of nitro benzene ring substituents is 1. The molecule has 2 aromatic carbocycles. The molecule has 0 saturated heterocycles. The van der Waals surface area contributed by atoms with Gasteiger partial charge >= 0.3 is 11.7 Å². The summed E-state index contributed by atoms with van der Waals surface area (Å²) in [5.41, 5.74) is -0.199. The topological polar surface area (TPSA) is 78.7 Å². The Hall–Kier alpha value is -2.16. The van der Waals surface area contributed by atoms with Gasteiger partial charge in [0.15, 0.2) is 5.75 Å². The van der Waals surface area contributed by atoms with Crippen LogP contribution in [-0.2, 0) is 0 Å². The smallest absolute Gasteiger partial charge is 0.343 e.